The fraction of sp³-hybridized carbons (Fsp3) is 0.111. The van der Waals surface area contributed by atoms with Gasteiger partial charge < -0.3 is 5.32 Å². The highest BCUT2D eigenvalue weighted by Crippen LogP contribution is 2.05. The highest BCUT2D eigenvalue weighted by atomic mass is 16.2. The minimum absolute atomic E-state index is 0.277. The van der Waals surface area contributed by atoms with E-state index in [-0.39, 0.29) is 11.6 Å². The molecule has 1 amide bonds. The summed E-state index contributed by atoms with van der Waals surface area (Å²) in [6, 6.07) is 19.0. The van der Waals surface area contributed by atoms with Crippen molar-refractivity contribution in [1.82, 2.24) is 20.3 Å². The highest BCUT2D eigenvalue weighted by Gasteiger charge is 2.10. The van der Waals surface area contributed by atoms with Crippen molar-refractivity contribution in [2.75, 3.05) is 0 Å². The minimum atomic E-state index is -0.279. The van der Waals surface area contributed by atoms with Gasteiger partial charge in [0.05, 0.1) is 24.4 Å². The topological polar surface area (TPSA) is 83.6 Å². The number of carbonyl (C=O) groups is 1. The lowest BCUT2D eigenvalue weighted by Crippen LogP contribution is -2.23. The quantitative estimate of drug-likeness (QED) is 0.781. The van der Waals surface area contributed by atoms with Crippen LogP contribution >= 0.6 is 0 Å². The molecule has 3 rings (SSSR count). The third-order valence-corrected chi connectivity index (χ3v) is 3.49. The van der Waals surface area contributed by atoms with Crippen LogP contribution < -0.4 is 5.32 Å². The summed E-state index contributed by atoms with van der Waals surface area (Å²) in [5, 5.41) is 19.4. The Morgan fingerprint density at radius 1 is 1.08 bits per heavy atom. The first-order valence-corrected chi connectivity index (χ1v) is 7.46. The van der Waals surface area contributed by atoms with Crippen LogP contribution in [0.1, 0.15) is 27.2 Å². The van der Waals surface area contributed by atoms with Gasteiger partial charge in [-0.2, -0.15) is 5.26 Å². The zero-order valence-electron chi connectivity index (χ0n) is 12.9. The van der Waals surface area contributed by atoms with E-state index in [1.165, 1.54) is 0 Å². The smallest absolute Gasteiger partial charge is 0.273 e. The fourth-order valence-corrected chi connectivity index (χ4v) is 2.22. The molecule has 0 aliphatic rings. The molecule has 1 heterocycles. The van der Waals surface area contributed by atoms with Crippen molar-refractivity contribution in [2.45, 2.75) is 13.1 Å². The Kier molecular flexibility index (Phi) is 4.63. The van der Waals surface area contributed by atoms with E-state index in [2.05, 4.69) is 21.7 Å². The maximum atomic E-state index is 12.1. The number of benzene rings is 2. The van der Waals surface area contributed by atoms with Crippen LogP contribution in [0.2, 0.25) is 0 Å². The van der Waals surface area contributed by atoms with Crippen molar-refractivity contribution in [3.05, 3.63) is 83.2 Å². The molecule has 0 unspecified atom stereocenters. The van der Waals surface area contributed by atoms with E-state index in [0.717, 1.165) is 11.1 Å². The van der Waals surface area contributed by atoms with Crippen LogP contribution in [0.3, 0.4) is 0 Å². The van der Waals surface area contributed by atoms with Crippen molar-refractivity contribution in [2.24, 2.45) is 0 Å². The second kappa shape index (κ2) is 7.20. The van der Waals surface area contributed by atoms with E-state index in [1.807, 2.05) is 42.5 Å². The molecule has 0 aliphatic heterocycles. The molecular weight excluding hydrogens is 302 g/mol. The van der Waals surface area contributed by atoms with Crippen molar-refractivity contribution in [3.8, 4) is 6.07 Å². The molecule has 0 radical (unpaired) electrons. The van der Waals surface area contributed by atoms with E-state index < -0.39 is 0 Å². The Hall–Kier alpha value is -3.46. The van der Waals surface area contributed by atoms with Crippen molar-refractivity contribution in [1.29, 1.82) is 5.26 Å². The van der Waals surface area contributed by atoms with Gasteiger partial charge in [-0.05, 0) is 23.3 Å². The van der Waals surface area contributed by atoms with Gasteiger partial charge in [0.25, 0.3) is 5.91 Å². The Labute approximate surface area is 139 Å². The van der Waals surface area contributed by atoms with Crippen molar-refractivity contribution in [3.63, 3.8) is 0 Å². The van der Waals surface area contributed by atoms with Gasteiger partial charge in [0.2, 0.25) is 0 Å². The molecule has 2 aromatic carbocycles. The first kappa shape index (κ1) is 15.4. The van der Waals surface area contributed by atoms with E-state index in [1.54, 1.807) is 23.0 Å². The van der Waals surface area contributed by atoms with E-state index >= 15 is 0 Å². The van der Waals surface area contributed by atoms with Gasteiger partial charge in [-0.15, -0.1) is 5.10 Å². The third kappa shape index (κ3) is 3.84. The molecule has 24 heavy (non-hydrogen) atoms. The summed E-state index contributed by atoms with van der Waals surface area (Å²) in [7, 11) is 0. The van der Waals surface area contributed by atoms with Crippen LogP contribution in [0.4, 0.5) is 0 Å². The lowest BCUT2D eigenvalue weighted by atomic mass is 10.1. The molecule has 0 bridgehead atoms. The summed E-state index contributed by atoms with van der Waals surface area (Å²) >= 11 is 0. The van der Waals surface area contributed by atoms with Crippen molar-refractivity contribution >= 4 is 5.91 Å². The summed E-state index contributed by atoms with van der Waals surface area (Å²) in [5.74, 6) is -0.279. The Morgan fingerprint density at radius 2 is 1.83 bits per heavy atom. The van der Waals surface area contributed by atoms with Gasteiger partial charge in [0.1, 0.15) is 0 Å². The molecule has 0 saturated heterocycles. The average molecular weight is 317 g/mol. The summed E-state index contributed by atoms with van der Waals surface area (Å²) in [5.41, 5.74) is 2.87. The molecule has 1 N–H and O–H groups in total. The van der Waals surface area contributed by atoms with Crippen LogP contribution in [0, 0.1) is 11.3 Å². The van der Waals surface area contributed by atoms with Crippen LogP contribution in [-0.4, -0.2) is 20.9 Å². The largest absolute Gasteiger partial charge is 0.347 e. The Balaban J connectivity index is 1.58. The first-order chi connectivity index (χ1) is 11.7. The average Bonchev–Trinajstić information content (AvgIpc) is 3.09. The highest BCUT2D eigenvalue weighted by molar-refractivity contribution is 5.91. The van der Waals surface area contributed by atoms with Crippen molar-refractivity contribution < 1.29 is 4.79 Å². The van der Waals surface area contributed by atoms with Gasteiger partial charge in [0, 0.05) is 6.54 Å². The predicted octanol–water partition coefficient (Wildman–Crippen LogP) is 2.13. The standard InChI is InChI=1S/C18H15N5O/c19-10-14-6-8-15(9-7-14)11-20-18(24)17-13-23(22-21-17)12-16-4-2-1-3-5-16/h1-9,13H,11-12H2,(H,20,24). The van der Waals surface area contributed by atoms with Crippen LogP contribution in [0.5, 0.6) is 0 Å². The minimum Gasteiger partial charge on any atom is -0.347 e. The van der Waals surface area contributed by atoms with E-state index in [9.17, 15) is 4.79 Å². The fourth-order valence-electron chi connectivity index (χ4n) is 2.22. The summed E-state index contributed by atoms with van der Waals surface area (Å²) in [6.45, 7) is 0.937. The van der Waals surface area contributed by atoms with E-state index in [4.69, 9.17) is 5.26 Å². The van der Waals surface area contributed by atoms with Gasteiger partial charge in [-0.1, -0.05) is 47.7 Å². The second-order valence-electron chi connectivity index (χ2n) is 5.28. The van der Waals surface area contributed by atoms with Gasteiger partial charge in [0.15, 0.2) is 5.69 Å². The number of nitrogens with zero attached hydrogens (tertiary/aromatic N) is 4. The molecule has 0 saturated carbocycles. The van der Waals surface area contributed by atoms with Crippen LogP contribution in [-0.2, 0) is 13.1 Å². The number of carbonyl (C=O) groups excluding carboxylic acids is 1. The van der Waals surface area contributed by atoms with Crippen LogP contribution in [0.25, 0.3) is 0 Å². The Morgan fingerprint density at radius 3 is 2.54 bits per heavy atom. The number of nitrogens with one attached hydrogen (secondary N) is 1. The molecule has 0 aliphatic carbocycles. The van der Waals surface area contributed by atoms with Gasteiger partial charge >= 0.3 is 0 Å². The lowest BCUT2D eigenvalue weighted by molar-refractivity contribution is 0.0946. The number of rotatable bonds is 5. The molecule has 0 spiro atoms. The lowest BCUT2D eigenvalue weighted by Gasteiger charge is -2.03. The molecule has 6 heteroatoms. The predicted molar refractivity (Wildman–Crippen MR) is 87.9 cm³/mol. The number of hydrogen-bond donors (Lipinski definition) is 1. The first-order valence-electron chi connectivity index (χ1n) is 7.46. The zero-order chi connectivity index (χ0) is 16.8. The normalized spacial score (nSPS) is 10.1. The monoisotopic (exact) mass is 317 g/mol. The number of aromatic nitrogens is 3. The van der Waals surface area contributed by atoms with Gasteiger partial charge in [-0.3, -0.25) is 4.79 Å². The molecule has 0 atom stereocenters. The number of hydrogen-bond acceptors (Lipinski definition) is 4. The Bertz CT molecular complexity index is 862. The molecule has 118 valence electrons. The summed E-state index contributed by atoms with van der Waals surface area (Å²) in [6.07, 6.45) is 1.63. The third-order valence-electron chi connectivity index (χ3n) is 3.49. The summed E-state index contributed by atoms with van der Waals surface area (Å²) < 4.78 is 1.63. The maximum absolute atomic E-state index is 12.1. The van der Waals surface area contributed by atoms with Crippen LogP contribution in [0.15, 0.2) is 60.8 Å². The second-order valence-corrected chi connectivity index (χ2v) is 5.28. The number of amides is 1. The number of nitriles is 1. The SMILES string of the molecule is N#Cc1ccc(CNC(=O)c2cn(Cc3ccccc3)nn2)cc1. The maximum Gasteiger partial charge on any atom is 0.273 e. The molecular formula is C18H15N5O. The van der Waals surface area contributed by atoms with E-state index in [0.29, 0.717) is 18.7 Å². The molecule has 0 fully saturated rings. The molecule has 3 aromatic rings. The summed E-state index contributed by atoms with van der Waals surface area (Å²) in [4.78, 5) is 12.1. The molecule has 6 nitrogen and oxygen atoms in total. The zero-order valence-corrected chi connectivity index (χ0v) is 12.9. The van der Waals surface area contributed by atoms with Gasteiger partial charge in [-0.25, -0.2) is 4.68 Å². The molecule has 1 aromatic heterocycles.